The number of carbonyl (C=O) groups excluding carboxylic acids is 1. The highest BCUT2D eigenvalue weighted by atomic mass is 16.4. The van der Waals surface area contributed by atoms with Crippen LogP contribution in [0.1, 0.15) is 5.82 Å². The summed E-state index contributed by atoms with van der Waals surface area (Å²) in [5, 5.41) is 19.0. The van der Waals surface area contributed by atoms with Gasteiger partial charge in [0.2, 0.25) is 0 Å². The number of hydrogen-bond donors (Lipinski definition) is 2. The van der Waals surface area contributed by atoms with Gasteiger partial charge < -0.3 is 19.9 Å². The van der Waals surface area contributed by atoms with Crippen molar-refractivity contribution < 1.29 is 14.7 Å². The number of urea groups is 1. The summed E-state index contributed by atoms with van der Waals surface area (Å²) in [4.78, 5) is 23.6. The molecule has 0 atom stereocenters. The Morgan fingerprint density at radius 2 is 2.28 bits per heavy atom. The lowest BCUT2D eigenvalue weighted by atomic mass is 10.0. The number of carboxylic acids is 1. The van der Waals surface area contributed by atoms with E-state index in [1.54, 1.807) is 10.9 Å². The third kappa shape index (κ3) is 2.58. The number of aromatic nitrogens is 3. The molecule has 0 aliphatic carbocycles. The number of carboxylic acid groups (broad SMARTS) is 1. The van der Waals surface area contributed by atoms with Crippen molar-refractivity contribution in [3.8, 4) is 0 Å². The van der Waals surface area contributed by atoms with Gasteiger partial charge in [-0.2, -0.15) is 0 Å². The molecule has 1 aromatic heterocycles. The second kappa shape index (κ2) is 5.03. The quantitative estimate of drug-likeness (QED) is 0.723. The zero-order valence-corrected chi connectivity index (χ0v) is 10.0. The first-order chi connectivity index (χ1) is 8.58. The Morgan fingerprint density at radius 1 is 1.56 bits per heavy atom. The van der Waals surface area contributed by atoms with Gasteiger partial charge in [0.25, 0.3) is 0 Å². The zero-order chi connectivity index (χ0) is 13.1. The fraction of sp³-hybridized carbons (Fsp3) is 0.600. The molecule has 18 heavy (non-hydrogen) atoms. The standard InChI is InChI=1S/C10H15N5O3/c1-14-6-12-13-8(14)2-3-11-10(18)15-4-7(5-15)9(16)17/h6-7H,2-5H2,1H3,(H,11,18)(H,16,17). The van der Waals surface area contributed by atoms with Crippen LogP contribution < -0.4 is 5.32 Å². The minimum Gasteiger partial charge on any atom is -0.481 e. The van der Waals surface area contributed by atoms with Gasteiger partial charge in [-0.05, 0) is 0 Å². The van der Waals surface area contributed by atoms with Crippen molar-refractivity contribution >= 4 is 12.0 Å². The molecule has 1 aliphatic heterocycles. The number of aryl methyl sites for hydroxylation is 1. The van der Waals surface area contributed by atoms with Crippen LogP contribution in [0.4, 0.5) is 4.79 Å². The lowest BCUT2D eigenvalue weighted by Gasteiger charge is -2.36. The molecule has 8 heteroatoms. The molecule has 2 rings (SSSR count). The molecule has 0 aromatic carbocycles. The van der Waals surface area contributed by atoms with Crippen molar-refractivity contribution in [1.82, 2.24) is 25.0 Å². The van der Waals surface area contributed by atoms with Crippen molar-refractivity contribution in [1.29, 1.82) is 0 Å². The molecule has 0 unspecified atom stereocenters. The Kier molecular flexibility index (Phi) is 3.45. The van der Waals surface area contributed by atoms with Crippen molar-refractivity contribution in [2.24, 2.45) is 13.0 Å². The fourth-order valence-corrected chi connectivity index (χ4v) is 1.73. The average molecular weight is 253 g/mol. The van der Waals surface area contributed by atoms with E-state index in [-0.39, 0.29) is 19.1 Å². The largest absolute Gasteiger partial charge is 0.481 e. The van der Waals surface area contributed by atoms with E-state index in [1.807, 2.05) is 7.05 Å². The van der Waals surface area contributed by atoms with E-state index in [0.29, 0.717) is 13.0 Å². The Morgan fingerprint density at radius 3 is 2.83 bits per heavy atom. The minimum absolute atomic E-state index is 0.227. The molecule has 2 heterocycles. The van der Waals surface area contributed by atoms with E-state index in [4.69, 9.17) is 5.11 Å². The molecule has 0 spiro atoms. The van der Waals surface area contributed by atoms with Crippen LogP contribution in [0.2, 0.25) is 0 Å². The highest BCUT2D eigenvalue weighted by Gasteiger charge is 2.35. The van der Waals surface area contributed by atoms with E-state index < -0.39 is 11.9 Å². The van der Waals surface area contributed by atoms with Gasteiger partial charge in [-0.3, -0.25) is 4.79 Å². The SMILES string of the molecule is Cn1cnnc1CCNC(=O)N1CC(C(=O)O)C1. The molecule has 8 nitrogen and oxygen atoms in total. The highest BCUT2D eigenvalue weighted by molar-refractivity contribution is 5.79. The van der Waals surface area contributed by atoms with Crippen molar-refractivity contribution in [3.63, 3.8) is 0 Å². The number of rotatable bonds is 4. The lowest BCUT2D eigenvalue weighted by molar-refractivity contribution is -0.146. The van der Waals surface area contributed by atoms with Crippen LogP contribution in [0.15, 0.2) is 6.33 Å². The summed E-state index contributed by atoms with van der Waals surface area (Å²) in [7, 11) is 1.84. The van der Waals surface area contributed by atoms with E-state index in [9.17, 15) is 9.59 Å². The van der Waals surface area contributed by atoms with Gasteiger partial charge in [0.05, 0.1) is 5.92 Å². The molecule has 1 saturated heterocycles. The molecule has 0 radical (unpaired) electrons. The smallest absolute Gasteiger partial charge is 0.317 e. The zero-order valence-electron chi connectivity index (χ0n) is 10.0. The normalized spacial score (nSPS) is 15.3. The number of nitrogens with one attached hydrogen (secondary N) is 1. The summed E-state index contributed by atoms with van der Waals surface area (Å²) < 4.78 is 1.79. The summed E-state index contributed by atoms with van der Waals surface area (Å²) in [6.45, 7) is 1.02. The number of nitrogens with zero attached hydrogens (tertiary/aromatic N) is 4. The number of hydrogen-bond acceptors (Lipinski definition) is 4. The first kappa shape index (κ1) is 12.3. The van der Waals surface area contributed by atoms with Crippen LogP contribution >= 0.6 is 0 Å². The molecule has 0 bridgehead atoms. The van der Waals surface area contributed by atoms with Gasteiger partial charge in [-0.15, -0.1) is 10.2 Å². The predicted molar refractivity (Wildman–Crippen MR) is 60.8 cm³/mol. The number of carbonyl (C=O) groups is 2. The Hall–Kier alpha value is -2.12. The molecular weight excluding hydrogens is 238 g/mol. The fourth-order valence-electron chi connectivity index (χ4n) is 1.73. The maximum atomic E-state index is 11.6. The molecule has 1 aliphatic rings. The topological polar surface area (TPSA) is 100 Å². The minimum atomic E-state index is -0.849. The van der Waals surface area contributed by atoms with Crippen LogP contribution in [0.25, 0.3) is 0 Å². The molecule has 98 valence electrons. The maximum absolute atomic E-state index is 11.6. The van der Waals surface area contributed by atoms with Crippen molar-refractivity contribution in [3.05, 3.63) is 12.2 Å². The van der Waals surface area contributed by atoms with E-state index >= 15 is 0 Å². The third-order valence-corrected chi connectivity index (χ3v) is 2.95. The molecule has 1 aromatic rings. The van der Waals surface area contributed by atoms with E-state index in [2.05, 4.69) is 15.5 Å². The first-order valence-corrected chi connectivity index (χ1v) is 5.66. The number of likely N-dealkylation sites (tertiary alicyclic amines) is 1. The first-order valence-electron chi connectivity index (χ1n) is 5.66. The maximum Gasteiger partial charge on any atom is 0.317 e. The average Bonchev–Trinajstić information content (AvgIpc) is 2.61. The Bertz CT molecular complexity index is 452. The lowest BCUT2D eigenvalue weighted by Crippen LogP contribution is -2.56. The number of aliphatic carboxylic acids is 1. The number of amides is 2. The monoisotopic (exact) mass is 253 g/mol. The van der Waals surface area contributed by atoms with Crippen molar-refractivity contribution in [2.45, 2.75) is 6.42 Å². The highest BCUT2D eigenvalue weighted by Crippen LogP contribution is 2.14. The van der Waals surface area contributed by atoms with E-state index in [1.165, 1.54) is 4.90 Å². The van der Waals surface area contributed by atoms with Gasteiger partial charge in [-0.25, -0.2) is 4.79 Å². The summed E-state index contributed by atoms with van der Waals surface area (Å²) in [5.74, 6) is -0.477. The van der Waals surface area contributed by atoms with Gasteiger partial charge >= 0.3 is 12.0 Å². The molecule has 2 N–H and O–H groups in total. The summed E-state index contributed by atoms with van der Waals surface area (Å²) in [5.41, 5.74) is 0. The summed E-state index contributed by atoms with van der Waals surface area (Å²) in [6, 6.07) is -0.227. The van der Waals surface area contributed by atoms with Crippen LogP contribution in [0.5, 0.6) is 0 Å². The van der Waals surface area contributed by atoms with Gasteiger partial charge in [0.15, 0.2) is 0 Å². The van der Waals surface area contributed by atoms with Crippen molar-refractivity contribution in [2.75, 3.05) is 19.6 Å². The van der Waals surface area contributed by atoms with Gasteiger partial charge in [0, 0.05) is 33.1 Å². The second-order valence-electron chi connectivity index (χ2n) is 4.28. The second-order valence-corrected chi connectivity index (χ2v) is 4.28. The molecule has 1 fully saturated rings. The Labute approximate surface area is 104 Å². The predicted octanol–water partition coefficient (Wildman–Crippen LogP) is -0.916. The van der Waals surface area contributed by atoms with Gasteiger partial charge in [0.1, 0.15) is 12.2 Å². The molecule has 0 saturated carbocycles. The van der Waals surface area contributed by atoms with Crippen LogP contribution in [-0.2, 0) is 18.3 Å². The van der Waals surface area contributed by atoms with E-state index in [0.717, 1.165) is 5.82 Å². The van der Waals surface area contributed by atoms with Gasteiger partial charge in [-0.1, -0.05) is 0 Å². The van der Waals surface area contributed by atoms with Crippen LogP contribution in [0.3, 0.4) is 0 Å². The summed E-state index contributed by atoms with van der Waals surface area (Å²) in [6.07, 6.45) is 2.20. The third-order valence-electron chi connectivity index (χ3n) is 2.95. The Balaban J connectivity index is 1.67. The van der Waals surface area contributed by atoms with Crippen LogP contribution in [-0.4, -0.2) is 56.4 Å². The summed E-state index contributed by atoms with van der Waals surface area (Å²) >= 11 is 0. The molecule has 2 amide bonds. The molecular formula is C10H15N5O3. The van der Waals surface area contributed by atoms with Crippen LogP contribution in [0, 0.1) is 5.92 Å².